The van der Waals surface area contributed by atoms with E-state index in [0.717, 1.165) is 17.3 Å². The van der Waals surface area contributed by atoms with Gasteiger partial charge in [-0.05, 0) is 42.3 Å². The molecule has 0 saturated carbocycles. The second kappa shape index (κ2) is 6.72. The van der Waals surface area contributed by atoms with E-state index < -0.39 is 17.6 Å². The van der Waals surface area contributed by atoms with E-state index in [2.05, 4.69) is 10.9 Å². The Hall–Kier alpha value is -3.22. The molecule has 0 saturated heterocycles. The van der Waals surface area contributed by atoms with Crippen LogP contribution in [0.1, 0.15) is 33.2 Å². The van der Waals surface area contributed by atoms with Gasteiger partial charge in [0.05, 0.1) is 5.56 Å². The fourth-order valence-corrected chi connectivity index (χ4v) is 2.77. The Morgan fingerprint density at radius 1 is 1.04 bits per heavy atom. The number of benzene rings is 2. The number of rotatable bonds is 2. The quantitative estimate of drug-likeness (QED) is 0.818. The first kappa shape index (κ1) is 16.6. The van der Waals surface area contributed by atoms with E-state index in [9.17, 15) is 18.8 Å². The van der Waals surface area contributed by atoms with Crippen molar-refractivity contribution in [2.75, 3.05) is 11.4 Å². The highest BCUT2D eigenvalue weighted by Gasteiger charge is 2.23. The van der Waals surface area contributed by atoms with Crippen molar-refractivity contribution >= 4 is 23.4 Å². The van der Waals surface area contributed by atoms with E-state index in [1.54, 1.807) is 23.1 Å². The van der Waals surface area contributed by atoms with E-state index in [0.29, 0.717) is 18.5 Å². The third-order valence-corrected chi connectivity index (χ3v) is 4.03. The molecule has 2 N–H and O–H groups in total. The SMILES string of the molecule is CC(=O)N1CCc2cc(C(=O)NNC(=O)c3ccccc3F)ccc21. The lowest BCUT2D eigenvalue weighted by atomic mass is 10.1. The number of nitrogens with zero attached hydrogens (tertiary/aromatic N) is 1. The molecular weight excluding hydrogens is 325 g/mol. The van der Waals surface area contributed by atoms with Gasteiger partial charge in [0.1, 0.15) is 5.82 Å². The molecule has 0 bridgehead atoms. The normalized spacial score (nSPS) is 12.5. The monoisotopic (exact) mass is 341 g/mol. The van der Waals surface area contributed by atoms with E-state index in [4.69, 9.17) is 0 Å². The molecule has 1 aliphatic rings. The van der Waals surface area contributed by atoms with Crippen LogP contribution in [0.3, 0.4) is 0 Å². The Balaban J connectivity index is 1.68. The van der Waals surface area contributed by atoms with Gasteiger partial charge in [0.15, 0.2) is 0 Å². The van der Waals surface area contributed by atoms with Crippen LogP contribution in [0.4, 0.5) is 10.1 Å². The standard InChI is InChI=1S/C18H16FN3O3/c1-11(23)22-9-8-12-10-13(6-7-16(12)22)17(24)20-21-18(25)14-4-2-3-5-15(14)19/h2-7,10H,8-9H2,1H3,(H,20,24)(H,21,25). The van der Waals surface area contributed by atoms with Crippen molar-refractivity contribution in [3.8, 4) is 0 Å². The van der Waals surface area contributed by atoms with Crippen molar-refractivity contribution < 1.29 is 18.8 Å². The number of carbonyl (C=O) groups excluding carboxylic acids is 3. The summed E-state index contributed by atoms with van der Waals surface area (Å²) in [7, 11) is 0. The van der Waals surface area contributed by atoms with E-state index in [-0.39, 0.29) is 11.5 Å². The van der Waals surface area contributed by atoms with Gasteiger partial charge in [-0.15, -0.1) is 0 Å². The number of nitrogens with one attached hydrogen (secondary N) is 2. The number of anilines is 1. The summed E-state index contributed by atoms with van der Waals surface area (Å²) in [5.41, 5.74) is 6.32. The molecule has 1 heterocycles. The molecule has 0 aliphatic carbocycles. The highest BCUT2D eigenvalue weighted by molar-refractivity contribution is 6.00. The van der Waals surface area contributed by atoms with Gasteiger partial charge in [0, 0.05) is 24.7 Å². The van der Waals surface area contributed by atoms with Gasteiger partial charge in [-0.1, -0.05) is 12.1 Å². The molecule has 6 nitrogen and oxygen atoms in total. The van der Waals surface area contributed by atoms with Crippen molar-refractivity contribution in [3.63, 3.8) is 0 Å². The molecular formula is C18H16FN3O3. The lowest BCUT2D eigenvalue weighted by Crippen LogP contribution is -2.42. The van der Waals surface area contributed by atoms with Crippen LogP contribution in [0.15, 0.2) is 42.5 Å². The van der Waals surface area contributed by atoms with Gasteiger partial charge in [0.2, 0.25) is 5.91 Å². The van der Waals surface area contributed by atoms with Crippen LogP contribution < -0.4 is 15.8 Å². The fraction of sp³-hybridized carbons (Fsp3) is 0.167. The minimum absolute atomic E-state index is 0.0481. The average Bonchev–Trinajstić information content (AvgIpc) is 3.03. The van der Waals surface area contributed by atoms with Gasteiger partial charge < -0.3 is 4.90 Å². The number of hydrogen-bond donors (Lipinski definition) is 2. The predicted octanol–water partition coefficient (Wildman–Crippen LogP) is 1.81. The Kier molecular flexibility index (Phi) is 4.47. The minimum atomic E-state index is -0.740. The Morgan fingerprint density at radius 3 is 2.48 bits per heavy atom. The second-order valence-electron chi connectivity index (χ2n) is 5.65. The molecule has 3 rings (SSSR count). The molecule has 25 heavy (non-hydrogen) atoms. The van der Waals surface area contributed by atoms with Crippen molar-refractivity contribution in [2.24, 2.45) is 0 Å². The summed E-state index contributed by atoms with van der Waals surface area (Å²) < 4.78 is 13.5. The van der Waals surface area contributed by atoms with Gasteiger partial charge in [-0.25, -0.2) is 4.39 Å². The van der Waals surface area contributed by atoms with Crippen LogP contribution in [0.5, 0.6) is 0 Å². The zero-order valence-corrected chi connectivity index (χ0v) is 13.5. The summed E-state index contributed by atoms with van der Waals surface area (Å²) >= 11 is 0. The summed E-state index contributed by atoms with van der Waals surface area (Å²) in [6, 6.07) is 10.5. The molecule has 2 aromatic carbocycles. The highest BCUT2D eigenvalue weighted by Crippen LogP contribution is 2.28. The third kappa shape index (κ3) is 3.35. The zero-order chi connectivity index (χ0) is 18.0. The number of carbonyl (C=O) groups is 3. The number of halogens is 1. The topological polar surface area (TPSA) is 78.5 Å². The van der Waals surface area contributed by atoms with E-state index >= 15 is 0 Å². The Morgan fingerprint density at radius 2 is 1.76 bits per heavy atom. The van der Waals surface area contributed by atoms with Crippen LogP contribution in [0.2, 0.25) is 0 Å². The maximum absolute atomic E-state index is 13.5. The summed E-state index contributed by atoms with van der Waals surface area (Å²) in [4.78, 5) is 37.3. The highest BCUT2D eigenvalue weighted by atomic mass is 19.1. The molecule has 0 fully saturated rings. The molecule has 0 spiro atoms. The summed E-state index contributed by atoms with van der Waals surface area (Å²) in [6.07, 6.45) is 0.664. The smallest absolute Gasteiger partial charge is 0.272 e. The average molecular weight is 341 g/mol. The first-order valence-electron chi connectivity index (χ1n) is 7.73. The van der Waals surface area contributed by atoms with Gasteiger partial charge in [-0.2, -0.15) is 0 Å². The minimum Gasteiger partial charge on any atom is -0.312 e. The molecule has 2 aromatic rings. The molecule has 0 atom stereocenters. The second-order valence-corrected chi connectivity index (χ2v) is 5.65. The van der Waals surface area contributed by atoms with Crippen molar-refractivity contribution in [3.05, 3.63) is 65.0 Å². The maximum Gasteiger partial charge on any atom is 0.272 e. The molecule has 128 valence electrons. The number of amides is 3. The van der Waals surface area contributed by atoms with E-state index in [1.165, 1.54) is 25.1 Å². The molecule has 0 unspecified atom stereocenters. The van der Waals surface area contributed by atoms with Gasteiger partial charge in [-0.3, -0.25) is 25.2 Å². The number of hydrazine groups is 1. The maximum atomic E-state index is 13.5. The van der Waals surface area contributed by atoms with Crippen LogP contribution in [0.25, 0.3) is 0 Å². The molecule has 0 aromatic heterocycles. The van der Waals surface area contributed by atoms with Crippen molar-refractivity contribution in [2.45, 2.75) is 13.3 Å². The number of hydrogen-bond acceptors (Lipinski definition) is 3. The lowest BCUT2D eigenvalue weighted by molar-refractivity contribution is -0.116. The van der Waals surface area contributed by atoms with Crippen molar-refractivity contribution in [1.82, 2.24) is 10.9 Å². The van der Waals surface area contributed by atoms with Crippen LogP contribution in [-0.2, 0) is 11.2 Å². The van der Waals surface area contributed by atoms with Crippen molar-refractivity contribution in [1.29, 1.82) is 0 Å². The zero-order valence-electron chi connectivity index (χ0n) is 13.5. The Labute approximate surface area is 143 Å². The summed E-state index contributed by atoms with van der Waals surface area (Å²) in [5.74, 6) is -1.98. The fourth-order valence-electron chi connectivity index (χ4n) is 2.77. The largest absolute Gasteiger partial charge is 0.312 e. The summed E-state index contributed by atoms with van der Waals surface area (Å²) in [5, 5.41) is 0. The van der Waals surface area contributed by atoms with Crippen LogP contribution >= 0.6 is 0 Å². The van der Waals surface area contributed by atoms with E-state index in [1.807, 2.05) is 0 Å². The molecule has 3 amide bonds. The summed E-state index contributed by atoms with van der Waals surface area (Å²) in [6.45, 7) is 2.08. The lowest BCUT2D eigenvalue weighted by Gasteiger charge is -2.15. The Bertz CT molecular complexity index is 866. The van der Waals surface area contributed by atoms with Crippen LogP contribution in [-0.4, -0.2) is 24.3 Å². The first-order chi connectivity index (χ1) is 12.0. The number of fused-ring (bicyclic) bond motifs is 1. The molecule has 7 heteroatoms. The van der Waals surface area contributed by atoms with Gasteiger partial charge >= 0.3 is 0 Å². The molecule has 1 aliphatic heterocycles. The first-order valence-corrected chi connectivity index (χ1v) is 7.73. The molecule has 0 radical (unpaired) electrons. The third-order valence-electron chi connectivity index (χ3n) is 4.03. The predicted molar refractivity (Wildman–Crippen MR) is 89.5 cm³/mol. The van der Waals surface area contributed by atoms with Crippen LogP contribution in [0, 0.1) is 5.82 Å². The van der Waals surface area contributed by atoms with Gasteiger partial charge in [0.25, 0.3) is 11.8 Å².